The Morgan fingerprint density at radius 3 is 2.14 bits per heavy atom. The summed E-state index contributed by atoms with van der Waals surface area (Å²) in [4.78, 5) is 15.6. The fraction of sp³-hybridized carbons (Fsp3) is 0.533. The summed E-state index contributed by atoms with van der Waals surface area (Å²) in [6, 6.07) is 5.38. The molecule has 0 spiro atoms. The van der Waals surface area contributed by atoms with Gasteiger partial charge in [-0.15, -0.1) is 0 Å². The maximum atomic E-state index is 11.9. The number of ether oxygens (including phenoxy) is 2. The van der Waals surface area contributed by atoms with Crippen molar-refractivity contribution in [2.45, 2.75) is 0 Å². The third-order valence-electron chi connectivity index (χ3n) is 3.15. The molecule has 118 valence electrons. The van der Waals surface area contributed by atoms with Gasteiger partial charge in [0.05, 0.1) is 24.6 Å². The van der Waals surface area contributed by atoms with Crippen molar-refractivity contribution < 1.29 is 14.3 Å². The standard InChI is InChI=1S/C15H25N3O3/c1-17(2)15(19)12-5-6-14(13(16)11-12)18(7-9-20-3)8-10-21-4/h5-6,11H,7-10,16H2,1-4H3. The van der Waals surface area contributed by atoms with Crippen LogP contribution in [-0.4, -0.2) is 65.4 Å². The van der Waals surface area contributed by atoms with Crippen LogP contribution in [0.5, 0.6) is 0 Å². The Morgan fingerprint density at radius 2 is 1.71 bits per heavy atom. The summed E-state index contributed by atoms with van der Waals surface area (Å²) >= 11 is 0. The number of carbonyl (C=O) groups excluding carboxylic acids is 1. The van der Waals surface area contributed by atoms with E-state index in [1.165, 1.54) is 4.90 Å². The van der Waals surface area contributed by atoms with Crippen molar-refractivity contribution in [3.8, 4) is 0 Å². The highest BCUT2D eigenvalue weighted by atomic mass is 16.5. The highest BCUT2D eigenvalue weighted by Crippen LogP contribution is 2.24. The third kappa shape index (κ3) is 4.91. The van der Waals surface area contributed by atoms with Crippen LogP contribution in [0.3, 0.4) is 0 Å². The molecule has 0 aliphatic heterocycles. The monoisotopic (exact) mass is 295 g/mol. The lowest BCUT2D eigenvalue weighted by Crippen LogP contribution is -2.31. The summed E-state index contributed by atoms with van der Waals surface area (Å²) in [5.74, 6) is -0.0615. The molecule has 0 aliphatic rings. The van der Waals surface area contributed by atoms with Gasteiger partial charge in [-0.2, -0.15) is 0 Å². The molecule has 0 aliphatic carbocycles. The lowest BCUT2D eigenvalue weighted by atomic mass is 10.1. The van der Waals surface area contributed by atoms with Crippen LogP contribution in [0, 0.1) is 0 Å². The summed E-state index contributed by atoms with van der Waals surface area (Å²) in [7, 11) is 6.76. The zero-order valence-electron chi connectivity index (χ0n) is 13.3. The Labute approximate surface area is 126 Å². The molecule has 1 aromatic carbocycles. The van der Waals surface area contributed by atoms with Crippen molar-refractivity contribution >= 4 is 17.3 Å². The zero-order chi connectivity index (χ0) is 15.8. The van der Waals surface area contributed by atoms with Gasteiger partial charge in [-0.25, -0.2) is 0 Å². The van der Waals surface area contributed by atoms with Crippen LogP contribution < -0.4 is 10.6 Å². The van der Waals surface area contributed by atoms with Crippen LogP contribution in [0.2, 0.25) is 0 Å². The second-order valence-corrected chi connectivity index (χ2v) is 4.95. The number of carbonyl (C=O) groups is 1. The minimum atomic E-state index is -0.0615. The van der Waals surface area contributed by atoms with E-state index in [1.807, 2.05) is 6.07 Å². The Bertz CT molecular complexity index is 455. The fourth-order valence-electron chi connectivity index (χ4n) is 1.99. The van der Waals surface area contributed by atoms with E-state index in [4.69, 9.17) is 15.2 Å². The molecule has 0 saturated carbocycles. The molecule has 0 saturated heterocycles. The molecule has 6 heteroatoms. The van der Waals surface area contributed by atoms with E-state index in [2.05, 4.69) is 4.90 Å². The second kappa shape index (κ2) is 8.49. The van der Waals surface area contributed by atoms with Crippen LogP contribution in [0.4, 0.5) is 11.4 Å². The first kappa shape index (κ1) is 17.3. The van der Waals surface area contributed by atoms with Gasteiger partial charge in [0, 0.05) is 47.0 Å². The van der Waals surface area contributed by atoms with Crippen molar-refractivity contribution in [1.82, 2.24) is 4.90 Å². The molecule has 1 rings (SSSR count). The maximum Gasteiger partial charge on any atom is 0.253 e. The number of hydrogen-bond donors (Lipinski definition) is 1. The summed E-state index contributed by atoms with van der Waals surface area (Å²) in [5, 5.41) is 0. The number of nitrogens with two attached hydrogens (primary N) is 1. The highest BCUT2D eigenvalue weighted by molar-refractivity contribution is 5.95. The van der Waals surface area contributed by atoms with Crippen LogP contribution >= 0.6 is 0 Å². The minimum Gasteiger partial charge on any atom is -0.397 e. The molecule has 0 bridgehead atoms. The molecule has 0 atom stereocenters. The van der Waals surface area contributed by atoms with E-state index in [9.17, 15) is 4.79 Å². The molecule has 0 unspecified atom stereocenters. The zero-order valence-corrected chi connectivity index (χ0v) is 13.3. The first-order valence-electron chi connectivity index (χ1n) is 6.85. The predicted molar refractivity (Wildman–Crippen MR) is 84.8 cm³/mol. The largest absolute Gasteiger partial charge is 0.397 e. The van der Waals surface area contributed by atoms with Crippen LogP contribution in [-0.2, 0) is 9.47 Å². The third-order valence-corrected chi connectivity index (χ3v) is 3.15. The molecule has 2 N–H and O–H groups in total. The normalized spacial score (nSPS) is 10.5. The average Bonchev–Trinajstić information content (AvgIpc) is 2.47. The van der Waals surface area contributed by atoms with Crippen molar-refractivity contribution in [3.05, 3.63) is 23.8 Å². The van der Waals surface area contributed by atoms with Crippen molar-refractivity contribution in [3.63, 3.8) is 0 Å². The number of hydrogen-bond acceptors (Lipinski definition) is 5. The Hall–Kier alpha value is -1.79. The molecule has 21 heavy (non-hydrogen) atoms. The predicted octanol–water partition coefficient (Wildman–Crippen LogP) is 1.07. The quantitative estimate of drug-likeness (QED) is 0.727. The number of benzene rings is 1. The van der Waals surface area contributed by atoms with Crippen molar-refractivity contribution in [1.29, 1.82) is 0 Å². The number of anilines is 2. The summed E-state index contributed by atoms with van der Waals surface area (Å²) in [6.07, 6.45) is 0. The van der Waals surface area contributed by atoms with Gasteiger partial charge >= 0.3 is 0 Å². The molecule has 0 heterocycles. The summed E-state index contributed by atoms with van der Waals surface area (Å²) < 4.78 is 10.2. The molecule has 0 aromatic heterocycles. The van der Waals surface area contributed by atoms with Gasteiger partial charge in [0.1, 0.15) is 0 Å². The molecule has 1 amide bonds. The fourth-order valence-corrected chi connectivity index (χ4v) is 1.99. The van der Waals surface area contributed by atoms with Crippen LogP contribution in [0.25, 0.3) is 0 Å². The number of methoxy groups -OCH3 is 2. The molecule has 0 fully saturated rings. The minimum absolute atomic E-state index is 0.0615. The number of rotatable bonds is 8. The van der Waals surface area contributed by atoms with Crippen molar-refractivity contribution in [2.75, 3.05) is 65.3 Å². The van der Waals surface area contributed by atoms with Gasteiger partial charge in [-0.1, -0.05) is 0 Å². The second-order valence-electron chi connectivity index (χ2n) is 4.95. The Balaban J connectivity index is 2.95. The topological polar surface area (TPSA) is 68.0 Å². The first-order valence-corrected chi connectivity index (χ1v) is 6.85. The highest BCUT2D eigenvalue weighted by Gasteiger charge is 2.14. The molecule has 0 radical (unpaired) electrons. The first-order chi connectivity index (χ1) is 10.0. The molecular formula is C15H25N3O3. The SMILES string of the molecule is COCCN(CCOC)c1ccc(C(=O)N(C)C)cc1N. The summed E-state index contributed by atoms with van der Waals surface area (Å²) in [6.45, 7) is 2.62. The van der Waals surface area contributed by atoms with Crippen LogP contribution in [0.1, 0.15) is 10.4 Å². The van der Waals surface area contributed by atoms with Gasteiger partial charge in [0.15, 0.2) is 0 Å². The van der Waals surface area contributed by atoms with E-state index in [1.54, 1.807) is 40.4 Å². The lowest BCUT2D eigenvalue weighted by Gasteiger charge is -2.26. The number of amides is 1. The number of nitrogens with zero attached hydrogens (tertiary/aromatic N) is 2. The lowest BCUT2D eigenvalue weighted by molar-refractivity contribution is 0.0827. The van der Waals surface area contributed by atoms with E-state index in [-0.39, 0.29) is 5.91 Å². The smallest absolute Gasteiger partial charge is 0.253 e. The van der Waals surface area contributed by atoms with Gasteiger partial charge < -0.3 is 25.0 Å². The molecule has 6 nitrogen and oxygen atoms in total. The Morgan fingerprint density at radius 1 is 1.14 bits per heavy atom. The van der Waals surface area contributed by atoms with Gasteiger partial charge in [0.2, 0.25) is 0 Å². The van der Waals surface area contributed by atoms with Gasteiger partial charge in [-0.3, -0.25) is 4.79 Å². The average molecular weight is 295 g/mol. The van der Waals surface area contributed by atoms with Crippen LogP contribution in [0.15, 0.2) is 18.2 Å². The molecular weight excluding hydrogens is 270 g/mol. The van der Waals surface area contributed by atoms with Crippen molar-refractivity contribution in [2.24, 2.45) is 0 Å². The van der Waals surface area contributed by atoms with E-state index in [0.717, 1.165) is 5.69 Å². The maximum absolute atomic E-state index is 11.9. The number of nitrogen functional groups attached to an aromatic ring is 1. The van der Waals surface area contributed by atoms with Gasteiger partial charge in [-0.05, 0) is 18.2 Å². The van der Waals surface area contributed by atoms with E-state index < -0.39 is 0 Å². The van der Waals surface area contributed by atoms with E-state index >= 15 is 0 Å². The molecule has 1 aromatic rings. The van der Waals surface area contributed by atoms with Gasteiger partial charge in [0.25, 0.3) is 5.91 Å². The van der Waals surface area contributed by atoms with E-state index in [0.29, 0.717) is 37.6 Å². The Kier molecular flexibility index (Phi) is 6.98. The summed E-state index contributed by atoms with van der Waals surface area (Å²) in [5.41, 5.74) is 8.16.